The van der Waals surface area contributed by atoms with Gasteiger partial charge in [0.2, 0.25) is 5.91 Å². The molecule has 1 N–H and O–H groups in total. The molecule has 5 heteroatoms. The standard InChI is InChI=1S/C20H18N2O3/c1-3-15-7-6-8-16(13-15)21-19(23)11-12-22-17-9-4-5-10-18(17)25-14(2)20(22)24/h1,4-10,13-14H,11-12H2,2H3,(H,21,23). The molecule has 0 fully saturated rings. The van der Waals surface area contributed by atoms with E-state index in [4.69, 9.17) is 11.2 Å². The summed E-state index contributed by atoms with van der Waals surface area (Å²) in [5.74, 6) is 2.84. The number of hydrogen-bond acceptors (Lipinski definition) is 3. The van der Waals surface area contributed by atoms with Crippen molar-refractivity contribution in [3.63, 3.8) is 0 Å². The molecule has 1 atom stereocenters. The fraction of sp³-hybridized carbons (Fsp3) is 0.200. The molecule has 0 bridgehead atoms. The second-order valence-electron chi connectivity index (χ2n) is 5.74. The number of hydrogen-bond donors (Lipinski definition) is 1. The maximum absolute atomic E-state index is 12.4. The predicted octanol–water partition coefficient (Wildman–Crippen LogP) is 2.81. The number of nitrogens with one attached hydrogen (secondary N) is 1. The quantitative estimate of drug-likeness (QED) is 0.875. The summed E-state index contributed by atoms with van der Waals surface area (Å²) in [5.41, 5.74) is 2.03. The van der Waals surface area contributed by atoms with Crippen LogP contribution in [0.25, 0.3) is 0 Å². The lowest BCUT2D eigenvalue weighted by molar-refractivity contribution is -0.125. The van der Waals surface area contributed by atoms with Gasteiger partial charge >= 0.3 is 0 Å². The van der Waals surface area contributed by atoms with Gasteiger partial charge in [0.1, 0.15) is 5.75 Å². The first kappa shape index (κ1) is 16.6. The van der Waals surface area contributed by atoms with Gasteiger partial charge in [-0.3, -0.25) is 9.59 Å². The predicted molar refractivity (Wildman–Crippen MR) is 96.5 cm³/mol. The van der Waals surface area contributed by atoms with Gasteiger partial charge in [0, 0.05) is 24.2 Å². The Balaban J connectivity index is 1.67. The van der Waals surface area contributed by atoms with Crippen molar-refractivity contribution in [1.82, 2.24) is 0 Å². The van der Waals surface area contributed by atoms with Crippen molar-refractivity contribution in [2.24, 2.45) is 0 Å². The number of amides is 2. The average molecular weight is 334 g/mol. The lowest BCUT2D eigenvalue weighted by Gasteiger charge is -2.32. The van der Waals surface area contributed by atoms with Gasteiger partial charge in [0.25, 0.3) is 5.91 Å². The molecular weight excluding hydrogens is 316 g/mol. The van der Waals surface area contributed by atoms with E-state index in [0.29, 0.717) is 22.7 Å². The number of benzene rings is 2. The SMILES string of the molecule is C#Cc1cccc(NC(=O)CCN2C(=O)C(C)Oc3ccccc32)c1. The Morgan fingerprint density at radius 2 is 2.08 bits per heavy atom. The molecule has 1 aliphatic heterocycles. The highest BCUT2D eigenvalue weighted by molar-refractivity contribution is 6.00. The first-order valence-electron chi connectivity index (χ1n) is 8.02. The Morgan fingerprint density at radius 3 is 2.88 bits per heavy atom. The number of carbonyl (C=O) groups excluding carboxylic acids is 2. The van der Waals surface area contributed by atoms with E-state index in [9.17, 15) is 9.59 Å². The van der Waals surface area contributed by atoms with Crippen LogP contribution in [0, 0.1) is 12.3 Å². The van der Waals surface area contributed by atoms with Crippen LogP contribution in [0.1, 0.15) is 18.9 Å². The molecule has 0 radical (unpaired) electrons. The van der Waals surface area contributed by atoms with Gasteiger partial charge in [-0.15, -0.1) is 6.42 Å². The molecule has 0 saturated heterocycles. The molecule has 1 heterocycles. The lowest BCUT2D eigenvalue weighted by Crippen LogP contribution is -2.45. The second kappa shape index (κ2) is 7.10. The molecule has 0 saturated carbocycles. The molecule has 2 aromatic rings. The van der Waals surface area contributed by atoms with Crippen molar-refractivity contribution in [2.75, 3.05) is 16.8 Å². The first-order chi connectivity index (χ1) is 12.1. The van der Waals surface area contributed by atoms with Crippen LogP contribution in [0.4, 0.5) is 11.4 Å². The third-order valence-corrected chi connectivity index (χ3v) is 3.95. The summed E-state index contributed by atoms with van der Waals surface area (Å²) >= 11 is 0. The minimum absolute atomic E-state index is 0.152. The van der Waals surface area contributed by atoms with Crippen LogP contribution >= 0.6 is 0 Å². The Hall–Kier alpha value is -3.26. The van der Waals surface area contributed by atoms with Gasteiger partial charge in [-0.2, -0.15) is 0 Å². The molecule has 2 aromatic carbocycles. The van der Waals surface area contributed by atoms with Crippen molar-refractivity contribution >= 4 is 23.2 Å². The van der Waals surface area contributed by atoms with Crippen molar-refractivity contribution < 1.29 is 14.3 Å². The Morgan fingerprint density at radius 1 is 1.28 bits per heavy atom. The minimum atomic E-state index is -0.565. The van der Waals surface area contributed by atoms with Crippen molar-refractivity contribution in [3.8, 4) is 18.1 Å². The molecule has 0 aliphatic carbocycles. The molecule has 1 aliphatic rings. The zero-order chi connectivity index (χ0) is 17.8. The minimum Gasteiger partial charge on any atom is -0.479 e. The number of nitrogens with zero attached hydrogens (tertiary/aromatic N) is 1. The maximum Gasteiger partial charge on any atom is 0.267 e. The molecular formula is C20H18N2O3. The topological polar surface area (TPSA) is 58.6 Å². The van der Waals surface area contributed by atoms with Crippen LogP contribution in [-0.4, -0.2) is 24.5 Å². The third kappa shape index (κ3) is 3.64. The van der Waals surface area contributed by atoms with E-state index in [-0.39, 0.29) is 24.8 Å². The monoisotopic (exact) mass is 334 g/mol. The number of anilines is 2. The van der Waals surface area contributed by atoms with Crippen molar-refractivity contribution in [2.45, 2.75) is 19.4 Å². The summed E-state index contributed by atoms with van der Waals surface area (Å²) in [5, 5.41) is 2.80. The van der Waals surface area contributed by atoms with E-state index in [1.54, 1.807) is 36.1 Å². The fourth-order valence-corrected chi connectivity index (χ4v) is 2.71. The Kier molecular flexibility index (Phi) is 4.71. The zero-order valence-electron chi connectivity index (χ0n) is 13.9. The summed E-state index contributed by atoms with van der Waals surface area (Å²) in [7, 11) is 0. The fourth-order valence-electron chi connectivity index (χ4n) is 2.71. The van der Waals surface area contributed by atoms with Gasteiger partial charge in [-0.05, 0) is 37.3 Å². The molecule has 0 aromatic heterocycles. The maximum atomic E-state index is 12.4. The number of carbonyl (C=O) groups is 2. The third-order valence-electron chi connectivity index (χ3n) is 3.95. The highest BCUT2D eigenvalue weighted by Crippen LogP contribution is 2.33. The normalized spacial score (nSPS) is 15.8. The first-order valence-corrected chi connectivity index (χ1v) is 8.02. The Labute approximate surface area is 146 Å². The van der Waals surface area contributed by atoms with Crippen molar-refractivity contribution in [1.29, 1.82) is 0 Å². The van der Waals surface area contributed by atoms with Crippen LogP contribution in [0.15, 0.2) is 48.5 Å². The molecule has 5 nitrogen and oxygen atoms in total. The number of terminal acetylenes is 1. The largest absolute Gasteiger partial charge is 0.479 e. The van der Waals surface area contributed by atoms with Crippen LogP contribution in [0.5, 0.6) is 5.75 Å². The summed E-state index contributed by atoms with van der Waals surface area (Å²) in [6.45, 7) is 1.99. The summed E-state index contributed by atoms with van der Waals surface area (Å²) in [4.78, 5) is 26.2. The molecule has 25 heavy (non-hydrogen) atoms. The van der Waals surface area contributed by atoms with E-state index in [0.717, 1.165) is 0 Å². The number of rotatable bonds is 4. The second-order valence-corrected chi connectivity index (χ2v) is 5.74. The number of ether oxygens (including phenoxy) is 1. The van der Waals surface area contributed by atoms with E-state index in [1.807, 2.05) is 24.3 Å². The Bertz CT molecular complexity index is 854. The van der Waals surface area contributed by atoms with Gasteiger partial charge in [-0.1, -0.05) is 24.1 Å². The summed E-state index contributed by atoms with van der Waals surface area (Å²) < 4.78 is 5.59. The number of para-hydroxylation sites is 2. The van der Waals surface area contributed by atoms with E-state index >= 15 is 0 Å². The van der Waals surface area contributed by atoms with Crippen LogP contribution in [0.3, 0.4) is 0 Å². The van der Waals surface area contributed by atoms with Crippen LogP contribution < -0.4 is 15.0 Å². The van der Waals surface area contributed by atoms with Crippen LogP contribution in [-0.2, 0) is 9.59 Å². The molecule has 3 rings (SSSR count). The summed E-state index contributed by atoms with van der Waals surface area (Å²) in [6, 6.07) is 14.4. The molecule has 0 spiro atoms. The van der Waals surface area contributed by atoms with Crippen LogP contribution in [0.2, 0.25) is 0 Å². The van der Waals surface area contributed by atoms with E-state index in [1.165, 1.54) is 0 Å². The smallest absolute Gasteiger partial charge is 0.267 e. The van der Waals surface area contributed by atoms with Crippen molar-refractivity contribution in [3.05, 3.63) is 54.1 Å². The van der Waals surface area contributed by atoms with Gasteiger partial charge in [0.15, 0.2) is 6.10 Å². The number of fused-ring (bicyclic) bond motifs is 1. The van der Waals surface area contributed by atoms with E-state index in [2.05, 4.69) is 11.2 Å². The molecule has 1 unspecified atom stereocenters. The highest BCUT2D eigenvalue weighted by Gasteiger charge is 2.31. The molecule has 2 amide bonds. The summed E-state index contributed by atoms with van der Waals surface area (Å²) in [6.07, 6.45) is 4.97. The van der Waals surface area contributed by atoms with Gasteiger partial charge < -0.3 is 15.0 Å². The average Bonchev–Trinajstić information content (AvgIpc) is 2.62. The zero-order valence-corrected chi connectivity index (χ0v) is 13.9. The van der Waals surface area contributed by atoms with Gasteiger partial charge in [0.05, 0.1) is 5.69 Å². The van der Waals surface area contributed by atoms with Gasteiger partial charge in [-0.25, -0.2) is 0 Å². The van der Waals surface area contributed by atoms with E-state index < -0.39 is 6.10 Å². The lowest BCUT2D eigenvalue weighted by atomic mass is 10.1. The molecule has 126 valence electrons. The highest BCUT2D eigenvalue weighted by atomic mass is 16.5.